The Balaban J connectivity index is 5.38. The van der Waals surface area contributed by atoms with E-state index in [-0.39, 0.29) is 0 Å². The number of nitrogens with zero attached hydrogens (tertiary/aromatic N) is 2. The van der Waals surface area contributed by atoms with Crippen molar-refractivity contribution in [3.8, 4) is 0 Å². The van der Waals surface area contributed by atoms with E-state index in [1.165, 1.54) is 0 Å². The summed E-state index contributed by atoms with van der Waals surface area (Å²) in [5.41, 5.74) is 0. The van der Waals surface area contributed by atoms with E-state index < -0.39 is 75.3 Å². The highest BCUT2D eigenvalue weighted by atomic mass is 16.4. The highest BCUT2D eigenvalue weighted by Gasteiger charge is 2.27. The maximum atomic E-state index is 10.9. The molecule has 0 aromatic heterocycles. The summed E-state index contributed by atoms with van der Waals surface area (Å²) in [6.45, 7) is -4.09. The molecule has 13 nitrogen and oxygen atoms in total. The minimum absolute atomic E-state index is 0.424. The molecule has 0 saturated carbocycles. The zero-order valence-electron chi connectivity index (χ0n) is 13.0. The lowest BCUT2D eigenvalue weighted by Gasteiger charge is -2.33. The van der Waals surface area contributed by atoms with Gasteiger partial charge in [0.15, 0.2) is 0 Å². The zero-order valence-corrected chi connectivity index (χ0v) is 13.0. The molecule has 142 valence electrons. The van der Waals surface area contributed by atoms with Crippen molar-refractivity contribution in [3.63, 3.8) is 0 Å². The van der Waals surface area contributed by atoms with Crippen LogP contribution in [-0.4, -0.2) is 111 Å². The predicted molar refractivity (Wildman–Crippen MR) is 78.0 cm³/mol. The van der Waals surface area contributed by atoms with Crippen LogP contribution in [0, 0.1) is 0 Å². The van der Waals surface area contributed by atoms with Crippen LogP contribution >= 0.6 is 0 Å². The summed E-state index contributed by atoms with van der Waals surface area (Å²) in [7, 11) is 0. The fourth-order valence-electron chi connectivity index (χ4n) is 1.95. The molecule has 13 heteroatoms. The van der Waals surface area contributed by atoms with Crippen LogP contribution in [0.1, 0.15) is 0 Å². The van der Waals surface area contributed by atoms with E-state index in [1.54, 1.807) is 0 Å². The monoisotopic (exact) mass is 365 g/mol. The van der Waals surface area contributed by atoms with Crippen LogP contribution in [0.3, 0.4) is 0 Å². The van der Waals surface area contributed by atoms with Gasteiger partial charge in [-0.15, -0.1) is 0 Å². The second-order valence-corrected chi connectivity index (χ2v) is 4.94. The molecule has 1 atom stereocenters. The fourth-order valence-corrected chi connectivity index (χ4v) is 1.95. The van der Waals surface area contributed by atoms with Gasteiger partial charge in [0.2, 0.25) is 0 Å². The molecule has 25 heavy (non-hydrogen) atoms. The van der Waals surface area contributed by atoms with Gasteiger partial charge in [0.05, 0.1) is 38.9 Å². The van der Waals surface area contributed by atoms with Crippen molar-refractivity contribution in [2.75, 3.05) is 39.3 Å². The van der Waals surface area contributed by atoms with Gasteiger partial charge in [0, 0.05) is 6.54 Å². The number of hydrogen-bond donors (Lipinski definition) is 6. The van der Waals surface area contributed by atoms with Crippen molar-refractivity contribution in [3.05, 3.63) is 0 Å². The first-order chi connectivity index (χ1) is 11.5. The van der Waals surface area contributed by atoms with Gasteiger partial charge >= 0.3 is 29.8 Å². The molecule has 0 heterocycles. The van der Waals surface area contributed by atoms with Crippen LogP contribution in [0.5, 0.6) is 0 Å². The molecule has 0 spiro atoms. The lowest BCUT2D eigenvalue weighted by Crippen LogP contribution is -2.57. The van der Waals surface area contributed by atoms with Crippen LogP contribution in [0.2, 0.25) is 0 Å². The average Bonchev–Trinajstić information content (AvgIpc) is 2.39. The second kappa shape index (κ2) is 10.9. The molecule has 0 aromatic carbocycles. The van der Waals surface area contributed by atoms with Gasteiger partial charge in [-0.05, 0) is 0 Å². The van der Waals surface area contributed by atoms with Crippen LogP contribution in [0.4, 0.5) is 0 Å². The van der Waals surface area contributed by atoms with Crippen LogP contribution in [0.25, 0.3) is 0 Å². The summed E-state index contributed by atoms with van der Waals surface area (Å²) in [6.07, 6.45) is -1.22. The van der Waals surface area contributed by atoms with Crippen molar-refractivity contribution in [2.45, 2.75) is 6.17 Å². The quantitative estimate of drug-likeness (QED) is 0.169. The molecule has 6 N–H and O–H groups in total. The summed E-state index contributed by atoms with van der Waals surface area (Å²) in [6, 6.07) is 0. The Morgan fingerprint density at radius 1 is 0.680 bits per heavy atom. The van der Waals surface area contributed by atoms with Crippen molar-refractivity contribution in [2.24, 2.45) is 0 Å². The largest absolute Gasteiger partial charge is 0.480 e. The third-order valence-corrected chi connectivity index (χ3v) is 2.76. The molecule has 0 amide bonds. The van der Waals surface area contributed by atoms with E-state index in [9.17, 15) is 24.0 Å². The molecule has 0 aromatic rings. The van der Waals surface area contributed by atoms with Gasteiger partial charge in [-0.3, -0.25) is 39.1 Å². The number of carboxylic acids is 5. The zero-order chi connectivity index (χ0) is 19.6. The van der Waals surface area contributed by atoms with Crippen molar-refractivity contribution in [1.29, 1.82) is 0 Å². The predicted octanol–water partition coefficient (Wildman–Crippen LogP) is -3.07. The van der Waals surface area contributed by atoms with Crippen LogP contribution in [0.15, 0.2) is 0 Å². The molecule has 1 unspecified atom stereocenters. The summed E-state index contributed by atoms with van der Waals surface area (Å²) in [5, 5.41) is 46.4. The molecular weight excluding hydrogens is 346 g/mol. The minimum Gasteiger partial charge on any atom is -0.480 e. The van der Waals surface area contributed by atoms with Crippen LogP contribution in [-0.2, 0) is 24.0 Å². The fraction of sp³-hybridized carbons (Fsp3) is 0.583. The summed E-state index contributed by atoms with van der Waals surface area (Å²) in [5.74, 6) is -6.83. The van der Waals surface area contributed by atoms with E-state index in [0.717, 1.165) is 9.80 Å². The van der Waals surface area contributed by atoms with E-state index in [2.05, 4.69) is 5.32 Å². The van der Waals surface area contributed by atoms with Gasteiger partial charge in [-0.25, -0.2) is 0 Å². The molecule has 0 radical (unpaired) electrons. The lowest BCUT2D eigenvalue weighted by molar-refractivity contribution is -0.147. The molecule has 0 saturated heterocycles. The van der Waals surface area contributed by atoms with Gasteiger partial charge in [-0.2, -0.15) is 0 Å². The number of rotatable bonds is 14. The van der Waals surface area contributed by atoms with Gasteiger partial charge in [-0.1, -0.05) is 0 Å². The number of nitrogens with one attached hydrogen (secondary N) is 1. The Hall–Kier alpha value is -2.77. The summed E-state index contributed by atoms with van der Waals surface area (Å²) in [4.78, 5) is 55.9. The molecule has 0 bridgehead atoms. The van der Waals surface area contributed by atoms with Gasteiger partial charge in [0.25, 0.3) is 0 Å². The lowest BCUT2D eigenvalue weighted by atomic mass is 10.3. The van der Waals surface area contributed by atoms with Crippen molar-refractivity contribution < 1.29 is 49.5 Å². The third kappa shape index (κ3) is 11.4. The first-order valence-electron chi connectivity index (χ1n) is 6.80. The Morgan fingerprint density at radius 2 is 1.08 bits per heavy atom. The Labute approximate surface area is 141 Å². The molecule has 0 rings (SSSR count). The maximum Gasteiger partial charge on any atom is 0.317 e. The van der Waals surface area contributed by atoms with E-state index >= 15 is 0 Å². The van der Waals surface area contributed by atoms with E-state index in [0.29, 0.717) is 0 Å². The van der Waals surface area contributed by atoms with E-state index in [4.69, 9.17) is 25.5 Å². The number of carboxylic acid groups (broad SMARTS) is 5. The van der Waals surface area contributed by atoms with E-state index in [1.807, 2.05) is 0 Å². The van der Waals surface area contributed by atoms with Gasteiger partial charge in [0.1, 0.15) is 0 Å². The number of aliphatic carboxylic acids is 5. The summed E-state index contributed by atoms with van der Waals surface area (Å²) < 4.78 is 0. The number of carbonyl (C=O) groups is 5. The molecule has 0 aliphatic heterocycles. The smallest absolute Gasteiger partial charge is 0.317 e. The number of hydrogen-bond acceptors (Lipinski definition) is 8. The first kappa shape index (κ1) is 22.2. The Kier molecular flexibility index (Phi) is 9.69. The standard InChI is InChI=1S/C12H19N3O10/c16-8(17)1-13-7(15(5-11(22)23)6-12(24)25)2-14(3-9(18)19)4-10(20)21/h7,13H,1-6H2,(H,16,17)(H,18,19)(H,20,21)(H,22,23)(H,24,25). The third-order valence-electron chi connectivity index (χ3n) is 2.76. The normalized spacial score (nSPS) is 12.1. The van der Waals surface area contributed by atoms with Crippen LogP contribution < -0.4 is 5.32 Å². The summed E-state index contributed by atoms with van der Waals surface area (Å²) >= 11 is 0. The topological polar surface area (TPSA) is 205 Å². The highest BCUT2D eigenvalue weighted by Crippen LogP contribution is 2.02. The highest BCUT2D eigenvalue weighted by molar-refractivity contribution is 5.73. The minimum atomic E-state index is -1.40. The first-order valence-corrected chi connectivity index (χ1v) is 6.80. The Bertz CT molecular complexity index is 491. The van der Waals surface area contributed by atoms with Crippen molar-refractivity contribution in [1.82, 2.24) is 15.1 Å². The SMILES string of the molecule is O=C(O)CNC(CN(CC(=O)O)CC(=O)O)N(CC(=O)O)CC(=O)O. The maximum absolute atomic E-state index is 10.9. The molecule has 0 fully saturated rings. The molecular formula is C12H19N3O10. The molecule has 0 aliphatic rings. The molecule has 0 aliphatic carbocycles. The Morgan fingerprint density at radius 3 is 1.40 bits per heavy atom. The second-order valence-electron chi connectivity index (χ2n) is 4.94. The average molecular weight is 365 g/mol. The van der Waals surface area contributed by atoms with Crippen molar-refractivity contribution >= 4 is 29.8 Å². The van der Waals surface area contributed by atoms with Gasteiger partial charge < -0.3 is 25.5 Å².